The molecule has 0 fully saturated rings. The normalized spacial score (nSPS) is 15.2. The minimum atomic E-state index is -0.116. The third-order valence-corrected chi connectivity index (χ3v) is 3.45. The quantitative estimate of drug-likeness (QED) is 0.789. The molecule has 4 nitrogen and oxygen atoms in total. The van der Waals surface area contributed by atoms with Crippen molar-refractivity contribution in [3.05, 3.63) is 23.7 Å². The molecule has 98 valence electrons. The molecule has 0 aromatic carbocycles. The molecule has 0 bridgehead atoms. The number of furan rings is 1. The van der Waals surface area contributed by atoms with E-state index in [9.17, 15) is 0 Å². The molecule has 2 N–H and O–H groups in total. The summed E-state index contributed by atoms with van der Waals surface area (Å²) >= 11 is 0. The Hall–Kier alpha value is -0.840. The zero-order valence-corrected chi connectivity index (χ0v) is 11.3. The highest BCUT2D eigenvalue weighted by Gasteiger charge is 2.31. The van der Waals surface area contributed by atoms with Crippen LogP contribution in [0.4, 0.5) is 0 Å². The molecule has 17 heavy (non-hydrogen) atoms. The predicted molar refractivity (Wildman–Crippen MR) is 68.9 cm³/mol. The first-order valence-corrected chi connectivity index (χ1v) is 6.03. The van der Waals surface area contributed by atoms with Crippen molar-refractivity contribution in [1.82, 2.24) is 4.90 Å². The van der Waals surface area contributed by atoms with Crippen LogP contribution < -0.4 is 5.73 Å². The molecule has 0 saturated carbocycles. The van der Waals surface area contributed by atoms with E-state index in [4.69, 9.17) is 14.9 Å². The monoisotopic (exact) mass is 240 g/mol. The van der Waals surface area contributed by atoms with Gasteiger partial charge in [0.05, 0.1) is 18.7 Å². The number of ether oxygens (including phenoxy) is 1. The molecule has 1 atom stereocenters. The molecule has 1 heterocycles. The van der Waals surface area contributed by atoms with E-state index in [2.05, 4.69) is 18.9 Å². The summed E-state index contributed by atoms with van der Waals surface area (Å²) in [6, 6.07) is 3.99. The summed E-state index contributed by atoms with van der Waals surface area (Å²) in [6.07, 6.45) is 0.952. The van der Waals surface area contributed by atoms with E-state index in [1.54, 1.807) is 7.11 Å². The lowest BCUT2D eigenvalue weighted by molar-refractivity contribution is 0.0199. The Morgan fingerprint density at radius 2 is 2.18 bits per heavy atom. The number of likely N-dealkylation sites (N-methyl/N-ethyl adjacent to an activating group) is 1. The van der Waals surface area contributed by atoms with Gasteiger partial charge in [-0.25, -0.2) is 0 Å². The van der Waals surface area contributed by atoms with Crippen LogP contribution >= 0.6 is 0 Å². The summed E-state index contributed by atoms with van der Waals surface area (Å²) in [6.45, 7) is 6.05. The molecule has 0 spiro atoms. The minimum absolute atomic E-state index is 0.116. The summed E-state index contributed by atoms with van der Waals surface area (Å²) in [5.74, 6) is 1.90. The second kappa shape index (κ2) is 6.19. The third-order valence-electron chi connectivity index (χ3n) is 3.45. The van der Waals surface area contributed by atoms with Gasteiger partial charge >= 0.3 is 0 Å². The smallest absolute Gasteiger partial charge is 0.118 e. The van der Waals surface area contributed by atoms with Crippen LogP contribution in [0.15, 0.2) is 16.5 Å². The van der Waals surface area contributed by atoms with E-state index in [1.165, 1.54) is 0 Å². The molecule has 1 rings (SSSR count). The van der Waals surface area contributed by atoms with Crippen LogP contribution in [0.25, 0.3) is 0 Å². The number of nitrogens with zero attached hydrogens (tertiary/aromatic N) is 1. The highest BCUT2D eigenvalue weighted by atomic mass is 16.5. The van der Waals surface area contributed by atoms with Gasteiger partial charge in [0.25, 0.3) is 0 Å². The Labute approximate surface area is 104 Å². The van der Waals surface area contributed by atoms with Crippen LogP contribution in [-0.2, 0) is 11.3 Å². The van der Waals surface area contributed by atoms with Crippen LogP contribution in [0.3, 0.4) is 0 Å². The summed E-state index contributed by atoms with van der Waals surface area (Å²) in [7, 11) is 3.78. The van der Waals surface area contributed by atoms with Crippen molar-refractivity contribution in [3.8, 4) is 0 Å². The van der Waals surface area contributed by atoms with Gasteiger partial charge in [-0.3, -0.25) is 4.90 Å². The lowest BCUT2D eigenvalue weighted by Crippen LogP contribution is -2.54. The highest BCUT2D eigenvalue weighted by molar-refractivity contribution is 5.06. The number of aryl methyl sites for hydroxylation is 1. The second-order valence-electron chi connectivity index (χ2n) is 4.58. The van der Waals surface area contributed by atoms with Crippen molar-refractivity contribution in [2.45, 2.75) is 32.4 Å². The van der Waals surface area contributed by atoms with Gasteiger partial charge in [-0.1, -0.05) is 6.92 Å². The maximum Gasteiger partial charge on any atom is 0.118 e. The Morgan fingerprint density at radius 1 is 1.47 bits per heavy atom. The first-order chi connectivity index (χ1) is 8.07. The molecule has 0 aliphatic rings. The number of rotatable bonds is 7. The fourth-order valence-corrected chi connectivity index (χ4v) is 2.08. The van der Waals surface area contributed by atoms with E-state index < -0.39 is 0 Å². The maximum atomic E-state index is 5.91. The molecule has 0 aliphatic heterocycles. The number of methoxy groups -OCH3 is 1. The molecule has 1 aromatic rings. The summed E-state index contributed by atoms with van der Waals surface area (Å²) in [5, 5.41) is 0. The van der Waals surface area contributed by atoms with Gasteiger partial charge in [0.1, 0.15) is 11.5 Å². The van der Waals surface area contributed by atoms with Crippen LogP contribution in [0.1, 0.15) is 24.9 Å². The third kappa shape index (κ3) is 3.31. The van der Waals surface area contributed by atoms with Crippen LogP contribution in [0.5, 0.6) is 0 Å². The number of hydrogen-bond donors (Lipinski definition) is 1. The van der Waals surface area contributed by atoms with Crippen molar-refractivity contribution in [3.63, 3.8) is 0 Å². The fourth-order valence-electron chi connectivity index (χ4n) is 2.08. The molecule has 0 amide bonds. The molecule has 4 heteroatoms. The van der Waals surface area contributed by atoms with Crippen molar-refractivity contribution in [1.29, 1.82) is 0 Å². The molecule has 0 aliphatic carbocycles. The van der Waals surface area contributed by atoms with E-state index in [0.717, 1.165) is 24.5 Å². The highest BCUT2D eigenvalue weighted by Crippen LogP contribution is 2.21. The van der Waals surface area contributed by atoms with Gasteiger partial charge < -0.3 is 14.9 Å². The second-order valence-corrected chi connectivity index (χ2v) is 4.58. The van der Waals surface area contributed by atoms with Crippen LogP contribution in [0.2, 0.25) is 0 Å². The molecular formula is C13H24N2O2. The summed E-state index contributed by atoms with van der Waals surface area (Å²) in [4.78, 5) is 2.22. The van der Waals surface area contributed by atoms with Gasteiger partial charge in [-0.2, -0.15) is 0 Å². The van der Waals surface area contributed by atoms with Gasteiger partial charge in [-0.15, -0.1) is 0 Å². The van der Waals surface area contributed by atoms with E-state index in [-0.39, 0.29) is 5.54 Å². The summed E-state index contributed by atoms with van der Waals surface area (Å²) < 4.78 is 10.9. The average molecular weight is 240 g/mol. The van der Waals surface area contributed by atoms with E-state index in [0.29, 0.717) is 13.2 Å². The van der Waals surface area contributed by atoms with Gasteiger partial charge in [0.15, 0.2) is 0 Å². The Bertz CT molecular complexity index is 332. The molecule has 1 aromatic heterocycles. The topological polar surface area (TPSA) is 51.6 Å². The van der Waals surface area contributed by atoms with E-state index >= 15 is 0 Å². The fraction of sp³-hybridized carbons (Fsp3) is 0.692. The van der Waals surface area contributed by atoms with Crippen molar-refractivity contribution in [2.24, 2.45) is 5.73 Å². The Balaban J connectivity index is 2.74. The first kappa shape index (κ1) is 14.2. The predicted octanol–water partition coefficient (Wildman–Crippen LogP) is 1.77. The number of hydrogen-bond acceptors (Lipinski definition) is 4. The van der Waals surface area contributed by atoms with Crippen molar-refractivity contribution >= 4 is 0 Å². The zero-order chi connectivity index (χ0) is 12.9. The van der Waals surface area contributed by atoms with Crippen molar-refractivity contribution in [2.75, 3.05) is 27.3 Å². The molecule has 0 saturated heterocycles. The SMILES string of the molecule is CCC(CN)(COC)N(C)Cc1ccc(C)o1. The standard InChI is InChI=1S/C13H24N2O2/c1-5-13(9-14,10-16-4)15(3)8-12-7-6-11(2)17-12/h6-7H,5,8-10,14H2,1-4H3. The van der Waals surface area contributed by atoms with Crippen LogP contribution in [-0.4, -0.2) is 37.7 Å². The maximum absolute atomic E-state index is 5.91. The van der Waals surface area contributed by atoms with E-state index in [1.807, 2.05) is 19.1 Å². The van der Waals surface area contributed by atoms with Gasteiger partial charge in [0, 0.05) is 13.7 Å². The van der Waals surface area contributed by atoms with Crippen molar-refractivity contribution < 1.29 is 9.15 Å². The molecular weight excluding hydrogens is 216 g/mol. The molecule has 0 radical (unpaired) electrons. The average Bonchev–Trinajstić information content (AvgIpc) is 2.71. The molecule has 1 unspecified atom stereocenters. The number of nitrogens with two attached hydrogens (primary N) is 1. The van der Waals surface area contributed by atoms with Gasteiger partial charge in [-0.05, 0) is 32.5 Å². The Morgan fingerprint density at radius 3 is 2.59 bits per heavy atom. The van der Waals surface area contributed by atoms with Gasteiger partial charge in [0.2, 0.25) is 0 Å². The zero-order valence-electron chi connectivity index (χ0n) is 11.3. The lowest BCUT2D eigenvalue weighted by Gasteiger charge is -2.39. The first-order valence-electron chi connectivity index (χ1n) is 6.03. The van der Waals surface area contributed by atoms with Crippen LogP contribution in [0, 0.1) is 6.92 Å². The lowest BCUT2D eigenvalue weighted by atomic mass is 9.95. The Kier molecular flexibility index (Phi) is 5.18. The largest absolute Gasteiger partial charge is 0.465 e. The summed E-state index contributed by atoms with van der Waals surface area (Å²) in [5.41, 5.74) is 5.80. The minimum Gasteiger partial charge on any atom is -0.465 e.